The summed E-state index contributed by atoms with van der Waals surface area (Å²) in [5.41, 5.74) is 6.18. The van der Waals surface area contributed by atoms with Crippen molar-refractivity contribution in [2.24, 2.45) is 0 Å². The number of hydrogen-bond acceptors (Lipinski definition) is 5. The lowest BCUT2D eigenvalue weighted by molar-refractivity contribution is 0.0601. The van der Waals surface area contributed by atoms with Crippen molar-refractivity contribution in [1.82, 2.24) is 14.5 Å². The van der Waals surface area contributed by atoms with Crippen molar-refractivity contribution in [1.29, 1.82) is 0 Å². The van der Waals surface area contributed by atoms with Gasteiger partial charge in [-0.2, -0.15) is 0 Å². The molecule has 5 aromatic rings. The van der Waals surface area contributed by atoms with Gasteiger partial charge in [-0.15, -0.1) is 0 Å². The van der Waals surface area contributed by atoms with Gasteiger partial charge >= 0.3 is 5.97 Å². The van der Waals surface area contributed by atoms with Gasteiger partial charge in [0.05, 0.1) is 42.0 Å². The summed E-state index contributed by atoms with van der Waals surface area (Å²) in [7, 11) is 3.07. The van der Waals surface area contributed by atoms with Crippen LogP contribution in [0.15, 0.2) is 71.2 Å². The summed E-state index contributed by atoms with van der Waals surface area (Å²) >= 11 is 3.65. The number of rotatable bonds is 5. The average molecular weight is 570 g/mol. The fourth-order valence-corrected chi connectivity index (χ4v) is 5.95. The molecule has 1 fully saturated rings. The molecule has 0 saturated heterocycles. The quantitative estimate of drug-likeness (QED) is 0.201. The van der Waals surface area contributed by atoms with E-state index in [9.17, 15) is 4.79 Å². The van der Waals surface area contributed by atoms with Crippen molar-refractivity contribution in [2.75, 3.05) is 14.2 Å². The maximum Gasteiger partial charge on any atom is 0.337 e. The first-order valence-corrected chi connectivity index (χ1v) is 13.7. The highest BCUT2D eigenvalue weighted by Crippen LogP contribution is 2.37. The van der Waals surface area contributed by atoms with Crippen LogP contribution in [0.1, 0.15) is 48.5 Å². The summed E-state index contributed by atoms with van der Waals surface area (Å²) in [4.78, 5) is 22.2. The molecule has 0 spiro atoms. The maximum atomic E-state index is 12.2. The van der Waals surface area contributed by atoms with Crippen LogP contribution in [0.5, 0.6) is 5.75 Å². The van der Waals surface area contributed by atoms with Crippen LogP contribution in [0.25, 0.3) is 44.6 Å². The molecule has 3 aromatic carbocycles. The second kappa shape index (κ2) is 10.2. The van der Waals surface area contributed by atoms with E-state index in [1.807, 2.05) is 42.5 Å². The van der Waals surface area contributed by atoms with E-state index < -0.39 is 0 Å². The number of imidazole rings is 1. The zero-order chi connectivity index (χ0) is 26.2. The molecule has 0 radical (unpaired) electrons. The maximum absolute atomic E-state index is 12.2. The third kappa shape index (κ3) is 4.45. The number of carbonyl (C=O) groups is 1. The van der Waals surface area contributed by atoms with Gasteiger partial charge in [0.1, 0.15) is 11.6 Å². The summed E-state index contributed by atoms with van der Waals surface area (Å²) < 4.78 is 13.7. The molecule has 2 heterocycles. The Bertz CT molecular complexity index is 1670. The van der Waals surface area contributed by atoms with Crippen LogP contribution in [0.2, 0.25) is 0 Å². The minimum atomic E-state index is -0.351. The molecule has 0 N–H and O–H groups in total. The Morgan fingerprint density at radius 1 is 0.895 bits per heavy atom. The minimum Gasteiger partial charge on any atom is -0.497 e. The summed E-state index contributed by atoms with van der Waals surface area (Å²) in [6.07, 6.45) is 5.97. The van der Waals surface area contributed by atoms with Gasteiger partial charge in [0.2, 0.25) is 0 Å². The number of halogens is 1. The van der Waals surface area contributed by atoms with Crippen LogP contribution in [0, 0.1) is 0 Å². The van der Waals surface area contributed by atoms with Crippen LogP contribution < -0.4 is 4.74 Å². The number of benzene rings is 3. The molecule has 7 heteroatoms. The van der Waals surface area contributed by atoms with Gasteiger partial charge in [-0.1, -0.05) is 41.3 Å². The molecule has 1 saturated carbocycles. The number of esters is 1. The SMILES string of the molecule is COC(=O)c1ccc2c(c1)nc(-c1ccc3nc(-c4cc(OC)ccc4Br)ccc3c1)n2C1CCCCC1. The second-order valence-electron chi connectivity index (χ2n) is 9.74. The lowest BCUT2D eigenvalue weighted by atomic mass is 9.94. The number of methoxy groups -OCH3 is 2. The molecule has 0 aliphatic heterocycles. The van der Waals surface area contributed by atoms with Crippen LogP contribution >= 0.6 is 15.9 Å². The summed E-state index contributed by atoms with van der Waals surface area (Å²) in [6.45, 7) is 0. The number of fused-ring (bicyclic) bond motifs is 2. The Hall–Kier alpha value is -3.71. The summed E-state index contributed by atoms with van der Waals surface area (Å²) in [5, 5.41) is 1.04. The largest absolute Gasteiger partial charge is 0.497 e. The van der Waals surface area contributed by atoms with E-state index in [0.29, 0.717) is 11.6 Å². The first kappa shape index (κ1) is 24.6. The van der Waals surface area contributed by atoms with Crippen LogP contribution in [-0.4, -0.2) is 34.7 Å². The van der Waals surface area contributed by atoms with Gasteiger partial charge in [0, 0.05) is 27.0 Å². The Kier molecular flexibility index (Phi) is 6.62. The van der Waals surface area contributed by atoms with Crippen LogP contribution in [0.4, 0.5) is 0 Å². The highest BCUT2D eigenvalue weighted by Gasteiger charge is 2.23. The molecule has 38 heavy (non-hydrogen) atoms. The molecule has 6 nitrogen and oxygen atoms in total. The predicted octanol–water partition coefficient (Wildman–Crippen LogP) is 7.98. The molecular formula is C31H28BrN3O3. The van der Waals surface area contributed by atoms with Crippen molar-refractivity contribution in [3.63, 3.8) is 0 Å². The fourth-order valence-electron chi connectivity index (χ4n) is 5.50. The van der Waals surface area contributed by atoms with Gasteiger partial charge in [-0.05, 0) is 73.5 Å². The molecular weight excluding hydrogens is 542 g/mol. The predicted molar refractivity (Wildman–Crippen MR) is 154 cm³/mol. The van der Waals surface area contributed by atoms with Gasteiger partial charge < -0.3 is 14.0 Å². The highest BCUT2D eigenvalue weighted by atomic mass is 79.9. The second-order valence-corrected chi connectivity index (χ2v) is 10.6. The molecule has 1 aliphatic carbocycles. The molecule has 1 aliphatic rings. The Balaban J connectivity index is 1.46. The Morgan fingerprint density at radius 2 is 1.74 bits per heavy atom. The summed E-state index contributed by atoms with van der Waals surface area (Å²) in [6, 6.07) is 22.4. The van der Waals surface area contributed by atoms with E-state index in [-0.39, 0.29) is 5.97 Å². The number of ether oxygens (including phenoxy) is 2. The average Bonchev–Trinajstić information content (AvgIpc) is 3.36. The van der Waals surface area contributed by atoms with E-state index >= 15 is 0 Å². The summed E-state index contributed by atoms with van der Waals surface area (Å²) in [5.74, 6) is 1.36. The van der Waals surface area contributed by atoms with Gasteiger partial charge in [0.15, 0.2) is 0 Å². The van der Waals surface area contributed by atoms with Crippen molar-refractivity contribution in [3.8, 4) is 28.4 Å². The highest BCUT2D eigenvalue weighted by molar-refractivity contribution is 9.10. The third-order valence-corrected chi connectivity index (χ3v) is 8.14. The molecule has 0 unspecified atom stereocenters. The van der Waals surface area contributed by atoms with Crippen molar-refractivity contribution >= 4 is 43.8 Å². The van der Waals surface area contributed by atoms with Crippen LogP contribution in [0.3, 0.4) is 0 Å². The Morgan fingerprint density at radius 3 is 2.53 bits per heavy atom. The number of aromatic nitrogens is 3. The van der Waals surface area contributed by atoms with Gasteiger partial charge in [-0.25, -0.2) is 14.8 Å². The van der Waals surface area contributed by atoms with Crippen molar-refractivity contribution in [3.05, 3.63) is 76.8 Å². The molecule has 0 atom stereocenters. The Labute approximate surface area is 229 Å². The van der Waals surface area contributed by atoms with E-state index in [1.54, 1.807) is 7.11 Å². The lowest BCUT2D eigenvalue weighted by Crippen LogP contribution is -2.14. The molecule has 2 aromatic heterocycles. The zero-order valence-electron chi connectivity index (χ0n) is 21.4. The first-order valence-electron chi connectivity index (χ1n) is 12.9. The minimum absolute atomic E-state index is 0.351. The zero-order valence-corrected chi connectivity index (χ0v) is 23.0. The smallest absolute Gasteiger partial charge is 0.337 e. The first-order chi connectivity index (χ1) is 18.6. The molecule has 0 bridgehead atoms. The molecule has 6 rings (SSSR count). The lowest BCUT2D eigenvalue weighted by Gasteiger charge is -2.25. The van der Waals surface area contributed by atoms with Gasteiger partial charge in [-0.3, -0.25) is 0 Å². The van der Waals surface area contributed by atoms with Crippen molar-refractivity contribution in [2.45, 2.75) is 38.1 Å². The third-order valence-electron chi connectivity index (χ3n) is 7.45. The monoisotopic (exact) mass is 569 g/mol. The van der Waals surface area contributed by atoms with E-state index in [1.165, 1.54) is 26.4 Å². The standard InChI is InChI=1S/C31H28BrN3O3/c1-37-23-11-12-25(32)24(18-23)27-14-8-19-16-20(9-13-26(19)33-27)30-34-28-17-21(31(36)38-2)10-15-29(28)35(30)22-6-4-3-5-7-22/h8-18,22H,3-7H2,1-2H3. The number of hydrogen-bond donors (Lipinski definition) is 0. The van der Waals surface area contributed by atoms with Crippen molar-refractivity contribution < 1.29 is 14.3 Å². The molecule has 0 amide bonds. The number of pyridine rings is 1. The van der Waals surface area contributed by atoms with E-state index in [0.717, 1.165) is 67.6 Å². The van der Waals surface area contributed by atoms with Crippen LogP contribution in [-0.2, 0) is 4.74 Å². The fraction of sp³-hybridized carbons (Fsp3) is 0.258. The molecule has 192 valence electrons. The number of carbonyl (C=O) groups excluding carboxylic acids is 1. The topological polar surface area (TPSA) is 66.2 Å². The van der Waals surface area contributed by atoms with E-state index in [2.05, 4.69) is 44.8 Å². The van der Waals surface area contributed by atoms with E-state index in [4.69, 9.17) is 19.4 Å². The number of nitrogens with zero attached hydrogens (tertiary/aromatic N) is 3. The normalized spacial score (nSPS) is 14.2. The van der Waals surface area contributed by atoms with Gasteiger partial charge in [0.25, 0.3) is 0 Å².